The first-order valence-electron chi connectivity index (χ1n) is 4.21. The Bertz CT molecular complexity index is 239. The number of esters is 1. The van der Waals surface area contributed by atoms with Gasteiger partial charge in [-0.2, -0.15) is 0 Å². The molecule has 1 heterocycles. The lowest BCUT2D eigenvalue weighted by Crippen LogP contribution is -2.23. The number of fused-ring (bicyclic) bond motifs is 1. The van der Waals surface area contributed by atoms with Crippen LogP contribution in [0.3, 0.4) is 0 Å². The largest absolute Gasteiger partial charge is 0.462 e. The molecule has 1 saturated heterocycles. The number of hydrogen-bond acceptors (Lipinski definition) is 5. The van der Waals surface area contributed by atoms with E-state index in [1.807, 2.05) is 0 Å². The Kier molecular flexibility index (Phi) is 2.05. The van der Waals surface area contributed by atoms with Gasteiger partial charge in [0.05, 0.1) is 12.3 Å². The molecule has 2 aliphatic rings. The first-order valence-corrected chi connectivity index (χ1v) is 4.21. The maximum Gasteiger partial charge on any atom is 0.306 e. The van der Waals surface area contributed by atoms with E-state index in [0.29, 0.717) is 6.42 Å². The van der Waals surface area contributed by atoms with Crippen molar-refractivity contribution in [1.82, 2.24) is 0 Å². The van der Waals surface area contributed by atoms with Gasteiger partial charge in [0, 0.05) is 12.3 Å². The molecule has 2 fully saturated rings. The summed E-state index contributed by atoms with van der Waals surface area (Å²) in [6, 6.07) is 0. The molecule has 4 atom stereocenters. The number of hydrogen-bond donors (Lipinski definition) is 1. The minimum atomic E-state index is -0.513. The highest BCUT2D eigenvalue weighted by Crippen LogP contribution is 2.41. The van der Waals surface area contributed by atoms with Gasteiger partial charge in [-0.25, -0.2) is 4.89 Å². The minimum absolute atomic E-state index is 0.109. The maximum atomic E-state index is 10.9. The van der Waals surface area contributed by atoms with Gasteiger partial charge in [0.15, 0.2) is 0 Å². The van der Waals surface area contributed by atoms with Crippen molar-refractivity contribution in [3.8, 4) is 0 Å². The molecule has 0 bridgehead atoms. The summed E-state index contributed by atoms with van der Waals surface area (Å²) >= 11 is 0. The topological polar surface area (TPSA) is 72.8 Å². The summed E-state index contributed by atoms with van der Waals surface area (Å²) in [4.78, 5) is 25.7. The Morgan fingerprint density at radius 2 is 2.38 bits per heavy atom. The predicted molar refractivity (Wildman–Crippen MR) is 39.7 cm³/mol. The fourth-order valence-electron chi connectivity index (χ4n) is 2.20. The minimum Gasteiger partial charge on any atom is -0.462 e. The molecule has 0 radical (unpaired) electrons. The van der Waals surface area contributed by atoms with Crippen molar-refractivity contribution in [1.29, 1.82) is 0 Å². The van der Waals surface area contributed by atoms with Gasteiger partial charge < -0.3 is 9.53 Å². The van der Waals surface area contributed by atoms with Crippen LogP contribution in [0.25, 0.3) is 0 Å². The number of carbonyl (C=O) groups is 2. The molecule has 72 valence electrons. The summed E-state index contributed by atoms with van der Waals surface area (Å²) in [5.41, 5.74) is 0. The zero-order chi connectivity index (χ0) is 9.42. The van der Waals surface area contributed by atoms with Gasteiger partial charge >= 0.3 is 5.97 Å². The highest BCUT2D eigenvalue weighted by Gasteiger charge is 2.50. The average molecular weight is 186 g/mol. The molecule has 1 N–H and O–H groups in total. The second-order valence-electron chi connectivity index (χ2n) is 3.49. The SMILES string of the molecule is O=CC1C(OO)CC2OC(=O)CC21. The molecule has 1 aliphatic carbocycles. The lowest BCUT2D eigenvalue weighted by Gasteiger charge is -2.12. The van der Waals surface area contributed by atoms with E-state index in [9.17, 15) is 9.59 Å². The van der Waals surface area contributed by atoms with E-state index in [4.69, 9.17) is 9.99 Å². The van der Waals surface area contributed by atoms with Crippen LogP contribution < -0.4 is 0 Å². The molecule has 13 heavy (non-hydrogen) atoms. The van der Waals surface area contributed by atoms with Crippen LogP contribution in [0.15, 0.2) is 0 Å². The third kappa shape index (κ3) is 1.24. The lowest BCUT2D eigenvalue weighted by molar-refractivity contribution is -0.284. The Labute approximate surface area is 74.6 Å². The van der Waals surface area contributed by atoms with Gasteiger partial charge in [-0.15, -0.1) is 0 Å². The van der Waals surface area contributed by atoms with E-state index >= 15 is 0 Å². The quantitative estimate of drug-likeness (QED) is 0.284. The third-order valence-electron chi connectivity index (χ3n) is 2.84. The fraction of sp³-hybridized carbons (Fsp3) is 0.750. The van der Waals surface area contributed by atoms with Crippen molar-refractivity contribution in [3.05, 3.63) is 0 Å². The Hall–Kier alpha value is -0.940. The number of ether oxygens (including phenoxy) is 1. The first-order chi connectivity index (χ1) is 6.26. The number of aldehydes is 1. The van der Waals surface area contributed by atoms with Crippen LogP contribution in [-0.2, 0) is 19.2 Å². The first kappa shape index (κ1) is 8.65. The van der Waals surface area contributed by atoms with Crippen molar-refractivity contribution in [3.63, 3.8) is 0 Å². The number of carbonyl (C=O) groups excluding carboxylic acids is 2. The van der Waals surface area contributed by atoms with Gasteiger partial charge in [0.1, 0.15) is 18.5 Å². The highest BCUT2D eigenvalue weighted by atomic mass is 17.1. The maximum absolute atomic E-state index is 10.9. The van der Waals surface area contributed by atoms with E-state index in [-0.39, 0.29) is 24.4 Å². The monoisotopic (exact) mass is 186 g/mol. The smallest absolute Gasteiger partial charge is 0.306 e. The summed E-state index contributed by atoms with van der Waals surface area (Å²) in [6.45, 7) is 0. The molecule has 4 unspecified atom stereocenters. The zero-order valence-corrected chi connectivity index (χ0v) is 6.88. The summed E-state index contributed by atoms with van der Waals surface area (Å²) in [7, 11) is 0. The summed E-state index contributed by atoms with van der Waals surface area (Å²) in [6.07, 6.45) is 0.637. The second kappa shape index (κ2) is 3.08. The van der Waals surface area contributed by atoms with Crippen LogP contribution in [0.5, 0.6) is 0 Å². The molecule has 1 aliphatic heterocycles. The summed E-state index contributed by atoms with van der Waals surface area (Å²) in [5, 5.41) is 8.49. The summed E-state index contributed by atoms with van der Waals surface area (Å²) in [5.74, 6) is -0.790. The Morgan fingerprint density at radius 1 is 1.62 bits per heavy atom. The Morgan fingerprint density at radius 3 is 3.00 bits per heavy atom. The summed E-state index contributed by atoms with van der Waals surface area (Å²) < 4.78 is 4.96. The van der Waals surface area contributed by atoms with Gasteiger partial charge in [-0.1, -0.05) is 0 Å². The Balaban J connectivity index is 2.14. The van der Waals surface area contributed by atoms with Crippen LogP contribution in [0.1, 0.15) is 12.8 Å². The van der Waals surface area contributed by atoms with Crippen LogP contribution in [0.4, 0.5) is 0 Å². The predicted octanol–water partition coefficient (Wildman–Crippen LogP) is -0.00490. The molecule has 2 rings (SSSR count). The molecule has 5 nitrogen and oxygen atoms in total. The van der Waals surface area contributed by atoms with Crippen molar-refractivity contribution in [2.45, 2.75) is 25.0 Å². The molecule has 0 aromatic heterocycles. The van der Waals surface area contributed by atoms with Crippen molar-refractivity contribution in [2.24, 2.45) is 11.8 Å². The van der Waals surface area contributed by atoms with E-state index in [0.717, 1.165) is 6.29 Å². The van der Waals surface area contributed by atoms with Crippen LogP contribution in [-0.4, -0.2) is 29.7 Å². The average Bonchev–Trinajstić information content (AvgIpc) is 2.59. The second-order valence-corrected chi connectivity index (χ2v) is 3.49. The van der Waals surface area contributed by atoms with Gasteiger partial charge in [0.25, 0.3) is 0 Å². The third-order valence-corrected chi connectivity index (χ3v) is 2.84. The molecular formula is C8H10O5. The van der Waals surface area contributed by atoms with E-state index < -0.39 is 12.0 Å². The molecule has 5 heteroatoms. The molecule has 1 saturated carbocycles. The van der Waals surface area contributed by atoms with Crippen LogP contribution in [0, 0.1) is 11.8 Å². The zero-order valence-electron chi connectivity index (χ0n) is 6.88. The molecule has 0 spiro atoms. The van der Waals surface area contributed by atoms with Crippen molar-refractivity contribution in [2.75, 3.05) is 0 Å². The van der Waals surface area contributed by atoms with Crippen LogP contribution in [0.2, 0.25) is 0 Å². The fourth-order valence-corrected chi connectivity index (χ4v) is 2.20. The highest BCUT2D eigenvalue weighted by molar-refractivity contribution is 5.74. The normalized spacial score (nSPS) is 43.0. The van der Waals surface area contributed by atoms with E-state index in [1.165, 1.54) is 0 Å². The van der Waals surface area contributed by atoms with Crippen molar-refractivity contribution >= 4 is 12.3 Å². The van der Waals surface area contributed by atoms with Gasteiger partial charge in [0.2, 0.25) is 0 Å². The molecule has 0 aromatic carbocycles. The van der Waals surface area contributed by atoms with Crippen LogP contribution >= 0.6 is 0 Å². The van der Waals surface area contributed by atoms with Crippen molar-refractivity contribution < 1.29 is 24.5 Å². The van der Waals surface area contributed by atoms with E-state index in [2.05, 4.69) is 4.89 Å². The van der Waals surface area contributed by atoms with Gasteiger partial charge in [-0.05, 0) is 0 Å². The van der Waals surface area contributed by atoms with Gasteiger partial charge in [-0.3, -0.25) is 10.1 Å². The number of rotatable bonds is 2. The molecular weight excluding hydrogens is 176 g/mol. The molecule has 0 aromatic rings. The standard InChI is InChI=1S/C8H10O5/c9-3-5-4-1-8(10)12-6(4)2-7(5)13-11/h3-7,11H,1-2H2. The molecule has 0 amide bonds. The van der Waals surface area contributed by atoms with E-state index in [1.54, 1.807) is 0 Å². The lowest BCUT2D eigenvalue weighted by atomic mass is 9.94.